The lowest BCUT2D eigenvalue weighted by Gasteiger charge is -2.32. The Balaban J connectivity index is 4.77. The first-order valence-electron chi connectivity index (χ1n) is 26.1. The second kappa shape index (κ2) is 43.3. The lowest BCUT2D eigenvalue weighted by molar-refractivity contribution is -0.174. The zero-order valence-electron chi connectivity index (χ0n) is 39.6. The predicted molar refractivity (Wildman–Crippen MR) is 252 cm³/mol. The molecule has 0 rings (SSSR count). The van der Waals surface area contributed by atoms with E-state index < -0.39 is 35.2 Å². The third-order valence-electron chi connectivity index (χ3n) is 12.6. The fourth-order valence-corrected chi connectivity index (χ4v) is 8.40. The molecule has 0 saturated heterocycles. The van der Waals surface area contributed by atoms with Gasteiger partial charge >= 0.3 is 0 Å². The third kappa shape index (κ3) is 32.9. The molecule has 0 bridgehead atoms. The molecule has 0 saturated carbocycles. The molecular formula is C53H100O6. The first-order valence-corrected chi connectivity index (χ1v) is 26.1. The predicted octanol–water partition coefficient (Wildman–Crippen LogP) is 15.1. The van der Waals surface area contributed by atoms with Gasteiger partial charge in [0.15, 0.2) is 17.3 Å². The summed E-state index contributed by atoms with van der Waals surface area (Å²) in [6, 6.07) is 0. The summed E-state index contributed by atoms with van der Waals surface area (Å²) in [5, 5.41) is 33.8. The number of Topliss-reactive ketones (excluding diaryl/α,β-unsaturated/α-hetero) is 3. The Bertz CT molecular complexity index is 933. The summed E-state index contributed by atoms with van der Waals surface area (Å²) in [5.74, 6) is -2.14. The standard InChI is InChI=1S/C53H100O6/c1-4-7-10-13-16-19-22-25-26-29-30-33-36-39-42-45-48(54)51(57)52(58)53(59,49(55)46-43-40-37-34-31-27-23-20-17-14-11-8-5-2)50(56)47-44-41-38-35-32-28-24-21-18-15-12-9-6-3/h25-26,51-52,57-59H,4-24,27-47H2,1-3H3/b26-25-. The first kappa shape index (κ1) is 57.6. The molecule has 2 atom stereocenters. The zero-order valence-corrected chi connectivity index (χ0v) is 39.6. The molecule has 59 heavy (non-hydrogen) atoms. The molecule has 0 aliphatic heterocycles. The highest BCUT2D eigenvalue weighted by molar-refractivity contribution is 6.11. The average molecular weight is 833 g/mol. The van der Waals surface area contributed by atoms with Gasteiger partial charge in [-0.15, -0.1) is 0 Å². The van der Waals surface area contributed by atoms with Gasteiger partial charge in [0.1, 0.15) is 12.2 Å². The second-order valence-electron chi connectivity index (χ2n) is 18.3. The van der Waals surface area contributed by atoms with Crippen LogP contribution >= 0.6 is 0 Å². The summed E-state index contributed by atoms with van der Waals surface area (Å²) >= 11 is 0. The van der Waals surface area contributed by atoms with E-state index in [0.717, 1.165) is 77.0 Å². The molecule has 0 spiro atoms. The average Bonchev–Trinajstić information content (AvgIpc) is 3.24. The van der Waals surface area contributed by atoms with Crippen LogP contribution in [-0.2, 0) is 14.4 Å². The van der Waals surface area contributed by atoms with Gasteiger partial charge in [0.25, 0.3) is 0 Å². The van der Waals surface area contributed by atoms with E-state index in [2.05, 4.69) is 32.9 Å². The molecule has 0 fully saturated rings. The molecule has 6 nitrogen and oxygen atoms in total. The maximum atomic E-state index is 13.6. The van der Waals surface area contributed by atoms with Crippen molar-refractivity contribution in [2.24, 2.45) is 0 Å². The first-order chi connectivity index (χ1) is 28.8. The van der Waals surface area contributed by atoms with Gasteiger partial charge in [0.2, 0.25) is 5.60 Å². The lowest BCUT2D eigenvalue weighted by Crippen LogP contribution is -2.61. The highest BCUT2D eigenvalue weighted by atomic mass is 16.4. The van der Waals surface area contributed by atoms with Gasteiger partial charge < -0.3 is 15.3 Å². The van der Waals surface area contributed by atoms with Gasteiger partial charge in [-0.05, 0) is 44.9 Å². The Morgan fingerprint density at radius 3 is 0.898 bits per heavy atom. The van der Waals surface area contributed by atoms with Crippen molar-refractivity contribution in [2.45, 2.75) is 308 Å². The molecule has 0 heterocycles. The zero-order chi connectivity index (χ0) is 43.5. The van der Waals surface area contributed by atoms with Crippen molar-refractivity contribution in [3.8, 4) is 0 Å². The SMILES string of the molecule is CCCCCCCC/C=C\CCCCCCCC(=O)C(O)C(O)C(O)(C(=O)CCCCCCCCCCCCCCC)C(=O)CCCCCCCCCCCCCCC. The minimum atomic E-state index is -2.76. The van der Waals surface area contributed by atoms with E-state index in [1.54, 1.807) is 0 Å². The monoisotopic (exact) mass is 833 g/mol. The van der Waals surface area contributed by atoms with Crippen LogP contribution in [0.1, 0.15) is 290 Å². The fourth-order valence-electron chi connectivity index (χ4n) is 8.40. The number of unbranched alkanes of at least 4 members (excludes halogenated alkanes) is 35. The summed E-state index contributed by atoms with van der Waals surface area (Å²) in [6.07, 6.45) is 45.1. The molecule has 6 heteroatoms. The molecule has 0 aromatic rings. The lowest BCUT2D eigenvalue weighted by atomic mass is 9.79. The fraction of sp³-hybridized carbons (Fsp3) is 0.906. The highest BCUT2D eigenvalue weighted by Gasteiger charge is 2.52. The molecule has 0 radical (unpaired) electrons. The van der Waals surface area contributed by atoms with Crippen molar-refractivity contribution in [3.05, 3.63) is 12.2 Å². The molecule has 0 aliphatic carbocycles. The van der Waals surface area contributed by atoms with Crippen molar-refractivity contribution in [1.82, 2.24) is 0 Å². The Labute approximate surface area is 366 Å². The number of hydrogen-bond acceptors (Lipinski definition) is 6. The van der Waals surface area contributed by atoms with E-state index in [0.29, 0.717) is 19.3 Å². The van der Waals surface area contributed by atoms with Crippen molar-refractivity contribution >= 4 is 17.3 Å². The number of hydrogen-bond donors (Lipinski definition) is 3. The van der Waals surface area contributed by atoms with Gasteiger partial charge in [-0.1, -0.05) is 238 Å². The van der Waals surface area contributed by atoms with Crippen LogP contribution in [0, 0.1) is 0 Å². The molecule has 0 aliphatic rings. The largest absolute Gasteiger partial charge is 0.386 e. The number of carbonyl (C=O) groups excluding carboxylic acids is 3. The second-order valence-corrected chi connectivity index (χ2v) is 18.3. The van der Waals surface area contributed by atoms with Crippen LogP contribution in [0.5, 0.6) is 0 Å². The molecule has 3 N–H and O–H groups in total. The van der Waals surface area contributed by atoms with Crippen molar-refractivity contribution in [2.75, 3.05) is 0 Å². The van der Waals surface area contributed by atoms with Crippen LogP contribution in [0.4, 0.5) is 0 Å². The molecule has 348 valence electrons. The minimum Gasteiger partial charge on any atom is -0.386 e. The molecule has 0 amide bonds. The van der Waals surface area contributed by atoms with E-state index >= 15 is 0 Å². The Hall–Kier alpha value is -1.37. The van der Waals surface area contributed by atoms with Crippen LogP contribution in [0.3, 0.4) is 0 Å². The van der Waals surface area contributed by atoms with Gasteiger partial charge in [0, 0.05) is 19.3 Å². The van der Waals surface area contributed by atoms with E-state index in [4.69, 9.17) is 0 Å². The van der Waals surface area contributed by atoms with Crippen LogP contribution in [0.2, 0.25) is 0 Å². The van der Waals surface area contributed by atoms with Crippen LogP contribution in [0.15, 0.2) is 12.2 Å². The maximum Gasteiger partial charge on any atom is 0.210 e. The molecule has 2 unspecified atom stereocenters. The molecule has 0 aromatic heterocycles. The van der Waals surface area contributed by atoms with Crippen LogP contribution < -0.4 is 0 Å². The summed E-state index contributed by atoms with van der Waals surface area (Å²) in [4.78, 5) is 40.1. The van der Waals surface area contributed by atoms with Crippen LogP contribution in [0.25, 0.3) is 0 Å². The Morgan fingerprint density at radius 1 is 0.373 bits per heavy atom. The number of aliphatic hydroxyl groups is 3. The number of aliphatic hydroxyl groups excluding tert-OH is 2. The van der Waals surface area contributed by atoms with Crippen molar-refractivity contribution in [3.63, 3.8) is 0 Å². The third-order valence-corrected chi connectivity index (χ3v) is 12.6. The van der Waals surface area contributed by atoms with Gasteiger partial charge in [0.05, 0.1) is 0 Å². The van der Waals surface area contributed by atoms with Crippen molar-refractivity contribution in [1.29, 1.82) is 0 Å². The molecular weight excluding hydrogens is 733 g/mol. The van der Waals surface area contributed by atoms with E-state index in [-0.39, 0.29) is 19.3 Å². The highest BCUT2D eigenvalue weighted by Crippen LogP contribution is 2.26. The summed E-state index contributed by atoms with van der Waals surface area (Å²) in [7, 11) is 0. The quantitative estimate of drug-likeness (QED) is 0.0320. The maximum absolute atomic E-state index is 13.6. The Morgan fingerprint density at radius 2 is 0.610 bits per heavy atom. The summed E-state index contributed by atoms with van der Waals surface area (Å²) in [5.41, 5.74) is -2.76. The Kier molecular flexibility index (Phi) is 42.3. The van der Waals surface area contributed by atoms with Gasteiger partial charge in [-0.25, -0.2) is 0 Å². The number of ketones is 3. The topological polar surface area (TPSA) is 112 Å². The van der Waals surface area contributed by atoms with E-state index in [9.17, 15) is 29.7 Å². The number of allylic oxidation sites excluding steroid dienone is 2. The van der Waals surface area contributed by atoms with Crippen molar-refractivity contribution < 1.29 is 29.7 Å². The summed E-state index contributed by atoms with van der Waals surface area (Å²) in [6.45, 7) is 6.74. The normalized spacial score (nSPS) is 13.1. The smallest absolute Gasteiger partial charge is 0.210 e. The summed E-state index contributed by atoms with van der Waals surface area (Å²) < 4.78 is 0. The molecule has 0 aromatic carbocycles. The van der Waals surface area contributed by atoms with Gasteiger partial charge in [-0.3, -0.25) is 14.4 Å². The van der Waals surface area contributed by atoms with Gasteiger partial charge in [-0.2, -0.15) is 0 Å². The number of carbonyl (C=O) groups is 3. The van der Waals surface area contributed by atoms with Crippen LogP contribution in [-0.4, -0.2) is 50.5 Å². The van der Waals surface area contributed by atoms with E-state index in [1.165, 1.54) is 154 Å². The van der Waals surface area contributed by atoms with E-state index in [1.807, 2.05) is 0 Å². The number of rotatable bonds is 48. The minimum absolute atomic E-state index is 0.0482.